The van der Waals surface area contributed by atoms with Crippen molar-refractivity contribution in [2.45, 2.75) is 63.1 Å². The van der Waals surface area contributed by atoms with Gasteiger partial charge in [-0.25, -0.2) is 14.0 Å². The second kappa shape index (κ2) is 11.1. The van der Waals surface area contributed by atoms with Gasteiger partial charge in [-0.2, -0.15) is 10.2 Å². The molecule has 0 amide bonds. The number of aryl methyl sites for hydroxylation is 1. The molecular weight excluding hydrogens is 477 g/mol. The van der Waals surface area contributed by atoms with Crippen LogP contribution in [0.25, 0.3) is 0 Å². The van der Waals surface area contributed by atoms with Crippen molar-refractivity contribution in [1.82, 2.24) is 9.88 Å². The third kappa shape index (κ3) is 5.79. The summed E-state index contributed by atoms with van der Waals surface area (Å²) >= 11 is 1.89. The Morgan fingerprint density at radius 2 is 2.00 bits per heavy atom. The number of nitriles is 1. The quantitative estimate of drug-likeness (QED) is 0.361. The molecule has 0 N–H and O–H groups in total. The molecule has 2 saturated heterocycles. The number of nitrogens with zero attached hydrogens (tertiary/aromatic N) is 6. The van der Waals surface area contributed by atoms with E-state index < -0.39 is 6.43 Å². The molecule has 0 unspecified atom stereocenters. The van der Waals surface area contributed by atoms with E-state index in [4.69, 9.17) is 5.26 Å². The standard InChI is InChI=1S/C26H29BF2N6S/c1-18-3-2-4-21(11-18)35(36-23-7-9-34(10-8-23)22-13-27(14-22)17-30)16-20-6-5-19(15-31-20)24-12-25(26(28)29)33-32-24/h2-6,11,15,22-23,26H,7-10,12-14,16H2,1H3. The molecule has 0 bridgehead atoms. The van der Waals surface area contributed by atoms with Gasteiger partial charge in [-0.1, -0.05) is 12.1 Å². The van der Waals surface area contributed by atoms with Gasteiger partial charge in [0.05, 0.1) is 18.0 Å². The molecule has 2 aromatic rings. The predicted molar refractivity (Wildman–Crippen MR) is 143 cm³/mol. The largest absolute Gasteiger partial charge is 0.310 e. The fraction of sp³-hybridized carbons (Fsp3) is 0.462. The SMILES string of the molecule is Cc1cccc(N(Cc2ccc(C3=NN=C(C(F)F)C3)cn2)SC2CCN(C3CB(C#N)C3)CC2)c1. The highest BCUT2D eigenvalue weighted by molar-refractivity contribution is 8.01. The first kappa shape index (κ1) is 24.9. The number of rotatable bonds is 8. The third-order valence-electron chi connectivity index (χ3n) is 7.22. The van der Waals surface area contributed by atoms with Crippen LogP contribution in [0.2, 0.25) is 12.6 Å². The average Bonchev–Trinajstić information content (AvgIpc) is 3.35. The number of aromatic nitrogens is 1. The smallest absolute Gasteiger partial charge is 0.278 e. The van der Waals surface area contributed by atoms with E-state index in [2.05, 4.69) is 61.5 Å². The van der Waals surface area contributed by atoms with Crippen LogP contribution in [-0.4, -0.2) is 58.8 Å². The lowest BCUT2D eigenvalue weighted by atomic mass is 9.34. The Morgan fingerprint density at radius 3 is 2.64 bits per heavy atom. The summed E-state index contributed by atoms with van der Waals surface area (Å²) in [6.07, 6.45) is 3.50. The number of benzene rings is 1. The predicted octanol–water partition coefficient (Wildman–Crippen LogP) is 5.26. The van der Waals surface area contributed by atoms with Crippen LogP contribution in [-0.2, 0) is 6.54 Å². The average molecular weight is 506 g/mol. The number of piperidine rings is 1. The van der Waals surface area contributed by atoms with E-state index in [1.165, 1.54) is 5.56 Å². The number of hydrogen-bond donors (Lipinski definition) is 0. The van der Waals surface area contributed by atoms with E-state index in [1.54, 1.807) is 6.20 Å². The van der Waals surface area contributed by atoms with Crippen LogP contribution in [0.5, 0.6) is 0 Å². The number of alkyl halides is 2. The molecule has 3 aliphatic heterocycles. The van der Waals surface area contributed by atoms with E-state index in [0.29, 0.717) is 23.5 Å². The molecular formula is C26H29BF2N6S. The number of likely N-dealkylation sites (tertiary alicyclic amines) is 1. The molecule has 0 radical (unpaired) electrons. The highest BCUT2D eigenvalue weighted by atomic mass is 32.2. The topological polar surface area (TPSA) is 67.9 Å². The van der Waals surface area contributed by atoms with Crippen molar-refractivity contribution in [3.8, 4) is 5.97 Å². The first-order valence-electron chi connectivity index (χ1n) is 12.5. The van der Waals surface area contributed by atoms with E-state index in [0.717, 1.165) is 55.5 Å². The van der Waals surface area contributed by atoms with Gasteiger partial charge in [-0.3, -0.25) is 4.98 Å². The van der Waals surface area contributed by atoms with Gasteiger partial charge in [0.25, 0.3) is 13.1 Å². The van der Waals surface area contributed by atoms with Crippen LogP contribution in [0.1, 0.15) is 36.1 Å². The molecule has 186 valence electrons. The van der Waals surface area contributed by atoms with Gasteiger partial charge in [0, 0.05) is 35.1 Å². The lowest BCUT2D eigenvalue weighted by Gasteiger charge is -2.43. The molecule has 5 rings (SSSR count). The van der Waals surface area contributed by atoms with Gasteiger partial charge in [0.1, 0.15) is 5.71 Å². The molecule has 36 heavy (non-hydrogen) atoms. The van der Waals surface area contributed by atoms with Gasteiger partial charge in [-0.05, 0) is 93.3 Å². The summed E-state index contributed by atoms with van der Waals surface area (Å²) in [5.41, 5.74) is 4.35. The van der Waals surface area contributed by atoms with E-state index in [-0.39, 0.29) is 18.8 Å². The minimum absolute atomic E-state index is 0.0701. The minimum atomic E-state index is -2.58. The summed E-state index contributed by atoms with van der Waals surface area (Å²) < 4.78 is 28.1. The zero-order valence-electron chi connectivity index (χ0n) is 20.4. The third-order valence-corrected chi connectivity index (χ3v) is 8.58. The summed E-state index contributed by atoms with van der Waals surface area (Å²) in [6.45, 7) is 5.16. The molecule has 1 aromatic heterocycles. The Bertz CT molecular complexity index is 1170. The first-order valence-corrected chi connectivity index (χ1v) is 13.3. The zero-order chi connectivity index (χ0) is 25.1. The van der Waals surface area contributed by atoms with Crippen LogP contribution in [0, 0.1) is 18.2 Å². The van der Waals surface area contributed by atoms with Gasteiger partial charge in [0.15, 0.2) is 0 Å². The maximum absolute atomic E-state index is 12.9. The second-order valence-electron chi connectivity index (χ2n) is 9.82. The zero-order valence-corrected chi connectivity index (χ0v) is 21.2. The van der Waals surface area contributed by atoms with Crippen molar-refractivity contribution in [3.05, 3.63) is 59.4 Å². The molecule has 6 nitrogen and oxygen atoms in total. The normalized spacial score (nSPS) is 19.1. The van der Waals surface area contributed by atoms with Crippen LogP contribution in [0.3, 0.4) is 0 Å². The van der Waals surface area contributed by atoms with Crippen LogP contribution < -0.4 is 4.31 Å². The Kier molecular flexibility index (Phi) is 7.68. The molecule has 0 saturated carbocycles. The van der Waals surface area contributed by atoms with Crippen molar-refractivity contribution in [3.63, 3.8) is 0 Å². The number of anilines is 1. The first-order chi connectivity index (χ1) is 17.5. The molecule has 0 spiro atoms. The molecule has 10 heteroatoms. The fourth-order valence-corrected chi connectivity index (χ4v) is 6.20. The summed E-state index contributed by atoms with van der Waals surface area (Å²) in [4.78, 5) is 7.20. The Morgan fingerprint density at radius 1 is 1.19 bits per heavy atom. The molecule has 0 atom stereocenters. The summed E-state index contributed by atoms with van der Waals surface area (Å²) in [6, 6.07) is 13.0. The van der Waals surface area contributed by atoms with Crippen molar-refractivity contribution < 1.29 is 8.78 Å². The number of halogens is 2. The minimum Gasteiger partial charge on any atom is -0.310 e. The summed E-state index contributed by atoms with van der Waals surface area (Å²) in [7, 11) is 0. The Balaban J connectivity index is 1.22. The van der Waals surface area contributed by atoms with Crippen LogP contribution >= 0.6 is 11.9 Å². The fourth-order valence-electron chi connectivity index (χ4n) is 4.97. The Hall–Kier alpha value is -2.77. The lowest BCUT2D eigenvalue weighted by Crippen LogP contribution is -2.51. The van der Waals surface area contributed by atoms with Gasteiger partial charge in [-0.15, -0.1) is 0 Å². The van der Waals surface area contributed by atoms with Crippen LogP contribution in [0.4, 0.5) is 14.5 Å². The van der Waals surface area contributed by atoms with Crippen molar-refractivity contribution in [2.24, 2.45) is 10.2 Å². The number of pyridine rings is 1. The van der Waals surface area contributed by atoms with Crippen molar-refractivity contribution in [2.75, 3.05) is 17.4 Å². The molecule has 1 aromatic carbocycles. The maximum Gasteiger partial charge on any atom is 0.278 e. The highest BCUT2D eigenvalue weighted by Gasteiger charge is 2.38. The van der Waals surface area contributed by atoms with Crippen LogP contribution in [0.15, 0.2) is 52.8 Å². The summed E-state index contributed by atoms with van der Waals surface area (Å²) in [5.74, 6) is 2.39. The van der Waals surface area contributed by atoms with Crippen molar-refractivity contribution >= 4 is 35.8 Å². The molecule has 0 aliphatic carbocycles. The van der Waals surface area contributed by atoms with Gasteiger partial charge >= 0.3 is 0 Å². The van der Waals surface area contributed by atoms with E-state index in [9.17, 15) is 8.78 Å². The van der Waals surface area contributed by atoms with Crippen molar-refractivity contribution in [1.29, 1.82) is 5.26 Å². The molecule has 2 fully saturated rings. The molecule has 3 aliphatic rings. The Labute approximate surface area is 215 Å². The van der Waals surface area contributed by atoms with E-state index >= 15 is 0 Å². The van der Waals surface area contributed by atoms with Gasteiger partial charge in [0.2, 0.25) is 0 Å². The molecule has 4 heterocycles. The lowest BCUT2D eigenvalue weighted by molar-refractivity contribution is 0.176. The maximum atomic E-state index is 12.9. The highest BCUT2D eigenvalue weighted by Crippen LogP contribution is 2.35. The number of hydrogen-bond acceptors (Lipinski definition) is 7. The second-order valence-corrected chi connectivity index (χ2v) is 11.1. The van der Waals surface area contributed by atoms with E-state index in [1.807, 2.05) is 24.1 Å². The summed E-state index contributed by atoms with van der Waals surface area (Å²) in [5, 5.41) is 17.1. The van der Waals surface area contributed by atoms with Gasteiger partial charge < -0.3 is 9.21 Å². The monoisotopic (exact) mass is 506 g/mol.